The van der Waals surface area contributed by atoms with E-state index < -0.39 is 0 Å². The first kappa shape index (κ1) is 16.8. The number of carbonyl (C=O) groups excluding carboxylic acids is 2. The first-order valence-corrected chi connectivity index (χ1v) is 8.35. The molecule has 24 heavy (non-hydrogen) atoms. The van der Waals surface area contributed by atoms with Gasteiger partial charge in [0.1, 0.15) is 12.3 Å². The maximum Gasteiger partial charge on any atom is 0.274 e. The zero-order valence-corrected chi connectivity index (χ0v) is 14.5. The van der Waals surface area contributed by atoms with Gasteiger partial charge in [-0.05, 0) is 27.2 Å². The molecule has 1 spiro atoms. The molecule has 130 valence electrons. The Morgan fingerprint density at radius 3 is 2.83 bits per heavy atom. The SMILES string of the molecule is Cc1cncc(C(=O)N2CCC3(COCC(=O)N(C(C)C)C3)C2)n1. The number of carbonyl (C=O) groups is 2. The summed E-state index contributed by atoms with van der Waals surface area (Å²) in [6, 6.07) is 0.128. The molecule has 2 fully saturated rings. The summed E-state index contributed by atoms with van der Waals surface area (Å²) < 4.78 is 5.62. The van der Waals surface area contributed by atoms with Crippen molar-refractivity contribution in [3.05, 3.63) is 23.8 Å². The Kier molecular flexibility index (Phi) is 4.54. The standard InChI is InChI=1S/C17H24N4O3/c1-12(2)21-10-17(11-24-8-15(21)22)4-5-20(9-17)16(23)14-7-18-6-13(3)19-14/h6-7,12H,4-5,8-11H2,1-3H3. The highest BCUT2D eigenvalue weighted by molar-refractivity contribution is 5.92. The Morgan fingerprint density at radius 2 is 2.12 bits per heavy atom. The van der Waals surface area contributed by atoms with Crippen LogP contribution in [0.1, 0.15) is 36.5 Å². The van der Waals surface area contributed by atoms with Gasteiger partial charge in [-0.2, -0.15) is 0 Å². The van der Waals surface area contributed by atoms with Gasteiger partial charge < -0.3 is 14.5 Å². The minimum atomic E-state index is -0.191. The van der Waals surface area contributed by atoms with Crippen LogP contribution in [0.15, 0.2) is 12.4 Å². The first-order valence-electron chi connectivity index (χ1n) is 8.35. The molecule has 0 saturated carbocycles. The zero-order chi connectivity index (χ0) is 17.3. The van der Waals surface area contributed by atoms with Crippen molar-refractivity contribution < 1.29 is 14.3 Å². The quantitative estimate of drug-likeness (QED) is 0.804. The smallest absolute Gasteiger partial charge is 0.274 e. The molecular formula is C17H24N4O3. The van der Waals surface area contributed by atoms with Crippen LogP contribution in [0, 0.1) is 12.3 Å². The summed E-state index contributed by atoms with van der Waals surface area (Å²) in [7, 11) is 0. The van der Waals surface area contributed by atoms with E-state index in [1.807, 2.05) is 25.7 Å². The van der Waals surface area contributed by atoms with Crippen LogP contribution >= 0.6 is 0 Å². The molecule has 3 rings (SSSR count). The highest BCUT2D eigenvalue weighted by Crippen LogP contribution is 2.34. The molecule has 1 atom stereocenters. The van der Waals surface area contributed by atoms with E-state index in [2.05, 4.69) is 9.97 Å². The van der Waals surface area contributed by atoms with E-state index in [4.69, 9.17) is 4.74 Å². The molecule has 7 heteroatoms. The number of likely N-dealkylation sites (tertiary alicyclic amines) is 1. The molecule has 1 aromatic rings. The van der Waals surface area contributed by atoms with Gasteiger partial charge in [-0.1, -0.05) is 0 Å². The van der Waals surface area contributed by atoms with Crippen LogP contribution in [0.5, 0.6) is 0 Å². The topological polar surface area (TPSA) is 75.6 Å². The normalized spacial score (nSPS) is 24.8. The molecule has 2 amide bonds. The van der Waals surface area contributed by atoms with E-state index in [9.17, 15) is 9.59 Å². The third-order valence-corrected chi connectivity index (χ3v) is 4.78. The molecule has 0 aliphatic carbocycles. The van der Waals surface area contributed by atoms with Crippen molar-refractivity contribution in [3.63, 3.8) is 0 Å². The fourth-order valence-electron chi connectivity index (χ4n) is 3.49. The van der Waals surface area contributed by atoms with E-state index in [0.717, 1.165) is 12.1 Å². The van der Waals surface area contributed by atoms with Crippen LogP contribution in [0.4, 0.5) is 0 Å². The minimum Gasteiger partial charge on any atom is -0.371 e. The average Bonchev–Trinajstić information content (AvgIpc) is 2.88. The third kappa shape index (κ3) is 3.26. The van der Waals surface area contributed by atoms with Crippen LogP contribution in [0.3, 0.4) is 0 Å². The van der Waals surface area contributed by atoms with Crippen LogP contribution in [0.25, 0.3) is 0 Å². The van der Waals surface area contributed by atoms with Gasteiger partial charge in [0.25, 0.3) is 5.91 Å². The largest absolute Gasteiger partial charge is 0.371 e. The number of amides is 2. The second-order valence-electron chi connectivity index (χ2n) is 7.13. The molecule has 1 aromatic heterocycles. The Hall–Kier alpha value is -2.02. The molecular weight excluding hydrogens is 308 g/mol. The van der Waals surface area contributed by atoms with Gasteiger partial charge in [-0.15, -0.1) is 0 Å². The molecule has 0 aromatic carbocycles. The van der Waals surface area contributed by atoms with Crippen molar-refractivity contribution >= 4 is 11.8 Å². The molecule has 0 radical (unpaired) electrons. The number of aryl methyl sites for hydroxylation is 1. The summed E-state index contributed by atoms with van der Waals surface area (Å²) in [6.07, 6.45) is 3.97. The molecule has 7 nitrogen and oxygen atoms in total. The summed E-state index contributed by atoms with van der Waals surface area (Å²) in [5.74, 6) is -0.0778. The summed E-state index contributed by atoms with van der Waals surface area (Å²) in [5, 5.41) is 0. The summed E-state index contributed by atoms with van der Waals surface area (Å²) >= 11 is 0. The molecule has 2 aliphatic heterocycles. The molecule has 2 saturated heterocycles. The lowest BCUT2D eigenvalue weighted by Crippen LogP contribution is -2.46. The number of rotatable bonds is 2. The summed E-state index contributed by atoms with van der Waals surface area (Å²) in [4.78, 5) is 36.9. The second kappa shape index (κ2) is 6.47. The maximum absolute atomic E-state index is 12.7. The van der Waals surface area contributed by atoms with Crippen molar-refractivity contribution in [3.8, 4) is 0 Å². The summed E-state index contributed by atoms with van der Waals surface area (Å²) in [6.45, 7) is 8.33. The van der Waals surface area contributed by atoms with Gasteiger partial charge in [0.2, 0.25) is 5.91 Å². The van der Waals surface area contributed by atoms with Crippen LogP contribution in [0.2, 0.25) is 0 Å². The Morgan fingerprint density at radius 1 is 1.33 bits per heavy atom. The van der Waals surface area contributed by atoms with E-state index >= 15 is 0 Å². The Bertz CT molecular complexity index is 648. The minimum absolute atomic E-state index is 0.0243. The third-order valence-electron chi connectivity index (χ3n) is 4.78. The van der Waals surface area contributed by atoms with Gasteiger partial charge in [-0.25, -0.2) is 4.98 Å². The van der Waals surface area contributed by atoms with E-state index in [1.165, 1.54) is 6.20 Å². The van der Waals surface area contributed by atoms with Gasteiger partial charge >= 0.3 is 0 Å². The number of aromatic nitrogens is 2. The van der Waals surface area contributed by atoms with Crippen molar-refractivity contribution in [1.82, 2.24) is 19.8 Å². The van der Waals surface area contributed by atoms with E-state index in [0.29, 0.717) is 31.9 Å². The van der Waals surface area contributed by atoms with Crippen LogP contribution in [-0.2, 0) is 9.53 Å². The highest BCUT2D eigenvalue weighted by Gasteiger charge is 2.44. The number of hydrogen-bond donors (Lipinski definition) is 0. The monoisotopic (exact) mass is 332 g/mol. The van der Waals surface area contributed by atoms with Gasteiger partial charge in [0, 0.05) is 37.3 Å². The first-order chi connectivity index (χ1) is 11.4. The van der Waals surface area contributed by atoms with Crippen molar-refractivity contribution in [1.29, 1.82) is 0 Å². The number of nitrogens with zero attached hydrogens (tertiary/aromatic N) is 4. The molecule has 0 N–H and O–H groups in total. The maximum atomic E-state index is 12.7. The van der Waals surface area contributed by atoms with Gasteiger partial charge in [0.15, 0.2) is 0 Å². The summed E-state index contributed by atoms with van der Waals surface area (Å²) in [5.41, 5.74) is 0.908. The molecule has 3 heterocycles. The lowest BCUT2D eigenvalue weighted by atomic mass is 9.87. The number of ether oxygens (including phenoxy) is 1. The molecule has 1 unspecified atom stereocenters. The second-order valence-corrected chi connectivity index (χ2v) is 7.13. The van der Waals surface area contributed by atoms with Crippen molar-refractivity contribution in [2.24, 2.45) is 5.41 Å². The lowest BCUT2D eigenvalue weighted by molar-refractivity contribution is -0.135. The van der Waals surface area contributed by atoms with Gasteiger partial charge in [-0.3, -0.25) is 14.6 Å². The lowest BCUT2D eigenvalue weighted by Gasteiger charge is -2.34. The van der Waals surface area contributed by atoms with E-state index in [1.54, 1.807) is 11.1 Å². The average molecular weight is 332 g/mol. The number of hydrogen-bond acceptors (Lipinski definition) is 5. The van der Waals surface area contributed by atoms with Crippen molar-refractivity contribution in [2.75, 3.05) is 32.8 Å². The molecule has 0 bridgehead atoms. The molecule has 2 aliphatic rings. The highest BCUT2D eigenvalue weighted by atomic mass is 16.5. The van der Waals surface area contributed by atoms with Crippen LogP contribution in [-0.4, -0.2) is 70.5 Å². The Labute approximate surface area is 142 Å². The predicted molar refractivity (Wildman–Crippen MR) is 87.4 cm³/mol. The fourth-order valence-corrected chi connectivity index (χ4v) is 3.49. The van der Waals surface area contributed by atoms with Crippen LogP contribution < -0.4 is 0 Å². The Balaban J connectivity index is 1.76. The van der Waals surface area contributed by atoms with Gasteiger partial charge in [0.05, 0.1) is 18.5 Å². The zero-order valence-electron chi connectivity index (χ0n) is 14.5. The van der Waals surface area contributed by atoms with Crippen molar-refractivity contribution in [2.45, 2.75) is 33.2 Å². The van der Waals surface area contributed by atoms with E-state index in [-0.39, 0.29) is 29.9 Å². The predicted octanol–water partition coefficient (Wildman–Crippen LogP) is 0.885. The fraction of sp³-hybridized carbons (Fsp3) is 0.647.